The SMILES string of the molecule is CN(C)CCN1CCN(C(C)(C)C(N)=NO)CC1. The summed E-state index contributed by atoms with van der Waals surface area (Å²) in [7, 11) is 4.19. The Labute approximate surface area is 110 Å². The van der Waals surface area contributed by atoms with E-state index in [1.807, 2.05) is 13.8 Å². The molecule has 0 radical (unpaired) electrons. The van der Waals surface area contributed by atoms with Crippen molar-refractivity contribution in [2.75, 3.05) is 53.4 Å². The predicted molar refractivity (Wildman–Crippen MR) is 74.1 cm³/mol. The standard InChI is InChI=1S/C12H27N5O/c1-12(2,11(13)14-18)17-9-7-16(8-10-17)6-5-15(3)4/h18H,5-10H2,1-4H3,(H2,13,14). The molecule has 6 nitrogen and oxygen atoms in total. The maximum Gasteiger partial charge on any atom is 0.159 e. The van der Waals surface area contributed by atoms with Crippen molar-refractivity contribution in [2.24, 2.45) is 10.9 Å². The fourth-order valence-corrected chi connectivity index (χ4v) is 2.16. The van der Waals surface area contributed by atoms with Crippen molar-refractivity contribution in [1.82, 2.24) is 14.7 Å². The molecule has 1 aliphatic rings. The molecular weight excluding hydrogens is 230 g/mol. The van der Waals surface area contributed by atoms with Gasteiger partial charge in [0.15, 0.2) is 5.84 Å². The first-order valence-corrected chi connectivity index (χ1v) is 6.48. The van der Waals surface area contributed by atoms with Gasteiger partial charge in [-0.05, 0) is 27.9 Å². The Morgan fingerprint density at radius 1 is 1.28 bits per heavy atom. The predicted octanol–water partition coefficient (Wildman–Crippen LogP) is -0.309. The second kappa shape index (κ2) is 6.36. The second-order valence-electron chi connectivity index (χ2n) is 5.68. The zero-order valence-electron chi connectivity index (χ0n) is 12.1. The molecule has 0 saturated carbocycles. The van der Waals surface area contributed by atoms with E-state index in [2.05, 4.69) is 34.0 Å². The van der Waals surface area contributed by atoms with E-state index in [-0.39, 0.29) is 11.4 Å². The van der Waals surface area contributed by atoms with Gasteiger partial charge in [0.1, 0.15) is 0 Å². The molecule has 1 saturated heterocycles. The fraction of sp³-hybridized carbons (Fsp3) is 0.917. The Hall–Kier alpha value is -0.850. The van der Waals surface area contributed by atoms with Crippen LogP contribution in [0.25, 0.3) is 0 Å². The molecular formula is C12H27N5O. The van der Waals surface area contributed by atoms with Crippen LogP contribution in [0.2, 0.25) is 0 Å². The number of nitrogens with two attached hydrogens (primary N) is 1. The summed E-state index contributed by atoms with van der Waals surface area (Å²) in [6, 6.07) is 0. The molecule has 1 fully saturated rings. The first-order valence-electron chi connectivity index (χ1n) is 6.48. The van der Waals surface area contributed by atoms with Crippen LogP contribution in [-0.4, -0.2) is 84.6 Å². The van der Waals surface area contributed by atoms with Crippen LogP contribution in [0.4, 0.5) is 0 Å². The van der Waals surface area contributed by atoms with E-state index in [1.165, 1.54) is 0 Å². The third-order valence-corrected chi connectivity index (χ3v) is 3.76. The Morgan fingerprint density at radius 2 is 1.83 bits per heavy atom. The lowest BCUT2D eigenvalue weighted by Gasteiger charge is -2.43. The summed E-state index contributed by atoms with van der Waals surface area (Å²) in [5, 5.41) is 12.0. The minimum Gasteiger partial charge on any atom is -0.409 e. The Bertz CT molecular complexity index is 282. The third-order valence-electron chi connectivity index (χ3n) is 3.76. The van der Waals surface area contributed by atoms with Crippen LogP contribution in [0, 0.1) is 0 Å². The molecule has 6 heteroatoms. The van der Waals surface area contributed by atoms with Crippen LogP contribution in [0.3, 0.4) is 0 Å². The van der Waals surface area contributed by atoms with Gasteiger partial charge in [-0.15, -0.1) is 0 Å². The minimum absolute atomic E-state index is 0.282. The van der Waals surface area contributed by atoms with E-state index in [1.54, 1.807) is 0 Å². The lowest BCUT2D eigenvalue weighted by atomic mass is 10.0. The molecule has 0 aromatic rings. The Balaban J connectivity index is 2.44. The molecule has 0 aromatic carbocycles. The van der Waals surface area contributed by atoms with E-state index in [0.717, 1.165) is 39.3 Å². The lowest BCUT2D eigenvalue weighted by molar-refractivity contribution is 0.0796. The number of likely N-dealkylation sites (N-methyl/N-ethyl adjacent to an activating group) is 1. The maximum absolute atomic E-state index is 8.82. The average Bonchev–Trinajstić information content (AvgIpc) is 2.35. The quantitative estimate of drug-likeness (QED) is 0.306. The van der Waals surface area contributed by atoms with Crippen molar-refractivity contribution in [3.63, 3.8) is 0 Å². The maximum atomic E-state index is 8.82. The van der Waals surface area contributed by atoms with Crippen LogP contribution in [0.5, 0.6) is 0 Å². The molecule has 0 aromatic heterocycles. The number of oxime groups is 1. The summed E-state index contributed by atoms with van der Waals surface area (Å²) in [4.78, 5) is 6.93. The summed E-state index contributed by atoms with van der Waals surface area (Å²) in [6.07, 6.45) is 0. The summed E-state index contributed by atoms with van der Waals surface area (Å²) in [6.45, 7) is 10.2. The van der Waals surface area contributed by atoms with Gasteiger partial charge in [-0.3, -0.25) is 9.80 Å². The molecule has 0 bridgehead atoms. The Morgan fingerprint density at radius 3 is 2.28 bits per heavy atom. The van der Waals surface area contributed by atoms with Crippen molar-refractivity contribution >= 4 is 5.84 Å². The van der Waals surface area contributed by atoms with Crippen LogP contribution in [0.1, 0.15) is 13.8 Å². The molecule has 0 unspecified atom stereocenters. The van der Waals surface area contributed by atoms with Gasteiger partial charge in [0, 0.05) is 39.3 Å². The van der Waals surface area contributed by atoms with Gasteiger partial charge in [-0.25, -0.2) is 0 Å². The molecule has 0 spiro atoms. The van der Waals surface area contributed by atoms with Gasteiger partial charge >= 0.3 is 0 Å². The zero-order chi connectivity index (χ0) is 13.8. The molecule has 1 heterocycles. The largest absolute Gasteiger partial charge is 0.409 e. The highest BCUT2D eigenvalue weighted by molar-refractivity contribution is 5.88. The van der Waals surface area contributed by atoms with E-state index in [9.17, 15) is 0 Å². The number of nitrogens with zero attached hydrogens (tertiary/aromatic N) is 4. The first-order chi connectivity index (χ1) is 8.37. The number of piperazine rings is 1. The molecule has 0 atom stereocenters. The highest BCUT2D eigenvalue weighted by Gasteiger charge is 2.33. The average molecular weight is 257 g/mol. The third kappa shape index (κ3) is 3.83. The summed E-state index contributed by atoms with van der Waals surface area (Å²) >= 11 is 0. The Kier molecular flexibility index (Phi) is 5.37. The molecule has 1 aliphatic heterocycles. The topological polar surface area (TPSA) is 68.3 Å². The van der Waals surface area contributed by atoms with Crippen LogP contribution >= 0.6 is 0 Å². The first kappa shape index (κ1) is 15.2. The number of hydrogen-bond acceptors (Lipinski definition) is 5. The van der Waals surface area contributed by atoms with Gasteiger partial charge in [-0.1, -0.05) is 5.16 Å². The van der Waals surface area contributed by atoms with E-state index in [0.29, 0.717) is 0 Å². The van der Waals surface area contributed by atoms with Gasteiger partial charge in [-0.2, -0.15) is 0 Å². The van der Waals surface area contributed by atoms with Crippen molar-refractivity contribution in [1.29, 1.82) is 0 Å². The molecule has 0 amide bonds. The number of rotatable bonds is 5. The second-order valence-corrected chi connectivity index (χ2v) is 5.68. The highest BCUT2D eigenvalue weighted by atomic mass is 16.4. The molecule has 1 rings (SSSR count). The number of amidine groups is 1. The van der Waals surface area contributed by atoms with Crippen molar-refractivity contribution < 1.29 is 5.21 Å². The highest BCUT2D eigenvalue weighted by Crippen LogP contribution is 2.17. The lowest BCUT2D eigenvalue weighted by Crippen LogP contribution is -2.60. The van der Waals surface area contributed by atoms with Gasteiger partial charge in [0.25, 0.3) is 0 Å². The van der Waals surface area contributed by atoms with Crippen molar-refractivity contribution in [3.8, 4) is 0 Å². The van der Waals surface area contributed by atoms with Gasteiger partial charge in [0.2, 0.25) is 0 Å². The molecule has 18 heavy (non-hydrogen) atoms. The zero-order valence-corrected chi connectivity index (χ0v) is 12.1. The molecule has 3 N–H and O–H groups in total. The normalized spacial score (nSPS) is 20.6. The molecule has 0 aliphatic carbocycles. The van der Waals surface area contributed by atoms with Crippen LogP contribution < -0.4 is 5.73 Å². The fourth-order valence-electron chi connectivity index (χ4n) is 2.16. The minimum atomic E-state index is -0.373. The smallest absolute Gasteiger partial charge is 0.159 e. The number of hydrogen-bond donors (Lipinski definition) is 2. The van der Waals surface area contributed by atoms with Crippen molar-refractivity contribution in [3.05, 3.63) is 0 Å². The van der Waals surface area contributed by atoms with Crippen LogP contribution in [-0.2, 0) is 0 Å². The van der Waals surface area contributed by atoms with E-state index in [4.69, 9.17) is 10.9 Å². The van der Waals surface area contributed by atoms with E-state index >= 15 is 0 Å². The van der Waals surface area contributed by atoms with Crippen molar-refractivity contribution in [2.45, 2.75) is 19.4 Å². The van der Waals surface area contributed by atoms with Gasteiger partial charge < -0.3 is 15.8 Å². The van der Waals surface area contributed by atoms with Crippen LogP contribution in [0.15, 0.2) is 5.16 Å². The summed E-state index contributed by atoms with van der Waals surface area (Å²) < 4.78 is 0. The monoisotopic (exact) mass is 257 g/mol. The van der Waals surface area contributed by atoms with Gasteiger partial charge in [0.05, 0.1) is 5.54 Å². The summed E-state index contributed by atoms with van der Waals surface area (Å²) in [5.41, 5.74) is 5.38. The molecule has 106 valence electrons. The van der Waals surface area contributed by atoms with E-state index < -0.39 is 0 Å². The summed E-state index contributed by atoms with van der Waals surface area (Å²) in [5.74, 6) is 0.282.